The number of benzene rings is 2. The highest BCUT2D eigenvalue weighted by atomic mass is 79.9. The zero-order valence-corrected chi connectivity index (χ0v) is 19.7. The van der Waals surface area contributed by atoms with Crippen LogP contribution in [0.3, 0.4) is 0 Å². The predicted molar refractivity (Wildman–Crippen MR) is 122 cm³/mol. The maximum atomic E-state index is 13.1. The van der Waals surface area contributed by atoms with Gasteiger partial charge in [-0.1, -0.05) is 35.0 Å². The molecular formula is C22H23BrN2O5S. The fourth-order valence-corrected chi connectivity index (χ4v) is 5.70. The molecule has 1 heterocycles. The monoisotopic (exact) mass is 506 g/mol. The number of fused-ring (bicyclic) bond motifs is 1. The summed E-state index contributed by atoms with van der Waals surface area (Å²) in [5.74, 6) is -1.14. The predicted octanol–water partition coefficient (Wildman–Crippen LogP) is 3.75. The van der Waals surface area contributed by atoms with Crippen LogP contribution in [-0.4, -0.2) is 38.3 Å². The Morgan fingerprint density at radius 1 is 1.16 bits per heavy atom. The van der Waals surface area contributed by atoms with E-state index >= 15 is 0 Å². The molecule has 0 aromatic heterocycles. The molecule has 164 valence electrons. The Morgan fingerprint density at radius 2 is 1.90 bits per heavy atom. The van der Waals surface area contributed by atoms with Crippen molar-refractivity contribution in [1.29, 1.82) is 0 Å². The minimum absolute atomic E-state index is 0.0579. The number of nitrogens with zero attached hydrogens (tertiary/aromatic N) is 1. The Bertz CT molecular complexity index is 1160. The summed E-state index contributed by atoms with van der Waals surface area (Å²) in [5, 5.41) is 2.63. The minimum Gasteiger partial charge on any atom is -0.326 e. The Morgan fingerprint density at radius 3 is 2.58 bits per heavy atom. The molecule has 7 nitrogen and oxygen atoms in total. The molecule has 2 aromatic rings. The maximum Gasteiger partial charge on any atom is 0.226 e. The molecule has 31 heavy (non-hydrogen) atoms. The summed E-state index contributed by atoms with van der Waals surface area (Å²) < 4.78 is 26.8. The highest BCUT2D eigenvalue weighted by Gasteiger charge is 2.32. The summed E-state index contributed by atoms with van der Waals surface area (Å²) in [4.78, 5) is 37.7. The van der Waals surface area contributed by atoms with E-state index in [0.29, 0.717) is 34.4 Å². The first-order valence-electron chi connectivity index (χ1n) is 9.88. The second kappa shape index (κ2) is 9.32. The van der Waals surface area contributed by atoms with E-state index in [-0.39, 0.29) is 29.4 Å². The molecule has 1 aliphatic rings. The van der Waals surface area contributed by atoms with Crippen molar-refractivity contribution in [2.45, 2.75) is 38.0 Å². The van der Waals surface area contributed by atoms with Crippen molar-refractivity contribution in [1.82, 2.24) is 0 Å². The molecule has 0 spiro atoms. The van der Waals surface area contributed by atoms with Crippen molar-refractivity contribution in [2.24, 2.45) is 0 Å². The molecule has 0 aliphatic carbocycles. The number of rotatable bonds is 7. The van der Waals surface area contributed by atoms with Crippen LogP contribution in [-0.2, 0) is 25.8 Å². The first-order valence-corrected chi connectivity index (χ1v) is 12.3. The number of nitrogens with one attached hydrogen (secondary N) is 1. The van der Waals surface area contributed by atoms with Crippen molar-refractivity contribution in [3.8, 4) is 0 Å². The molecular weight excluding hydrogens is 484 g/mol. The van der Waals surface area contributed by atoms with Crippen LogP contribution in [0.25, 0.3) is 0 Å². The zero-order chi connectivity index (χ0) is 22.8. The summed E-state index contributed by atoms with van der Waals surface area (Å²) in [5.41, 5.74) is 2.10. The Hall–Kier alpha value is -2.52. The van der Waals surface area contributed by atoms with Gasteiger partial charge in [0.2, 0.25) is 11.8 Å². The topological polar surface area (TPSA) is 101 Å². The van der Waals surface area contributed by atoms with E-state index in [1.54, 1.807) is 31.2 Å². The van der Waals surface area contributed by atoms with Crippen LogP contribution in [0.15, 0.2) is 45.8 Å². The summed E-state index contributed by atoms with van der Waals surface area (Å²) in [6.45, 7) is 3.60. The molecule has 0 radical (unpaired) electrons. The van der Waals surface area contributed by atoms with Gasteiger partial charge in [0.15, 0.2) is 15.6 Å². The van der Waals surface area contributed by atoms with E-state index in [1.807, 2.05) is 6.07 Å². The second-order valence-electron chi connectivity index (χ2n) is 7.31. The largest absolute Gasteiger partial charge is 0.326 e. The number of ketones is 1. The normalized spacial score (nSPS) is 13.1. The number of amides is 2. The Kier molecular flexibility index (Phi) is 6.96. The van der Waals surface area contributed by atoms with Gasteiger partial charge in [-0.05, 0) is 43.2 Å². The minimum atomic E-state index is -3.83. The molecule has 0 bridgehead atoms. The van der Waals surface area contributed by atoms with E-state index < -0.39 is 21.5 Å². The van der Waals surface area contributed by atoms with Gasteiger partial charge in [0.25, 0.3) is 0 Å². The van der Waals surface area contributed by atoms with Gasteiger partial charge in [0.1, 0.15) is 0 Å². The van der Waals surface area contributed by atoms with Crippen LogP contribution in [0.5, 0.6) is 0 Å². The SMILES string of the molecule is CCC(=O)N1CCc2cc(Br)cc(S(=O)(=O)CCC(=O)Nc3cccc(C(C)=O)c3)c21. The average molecular weight is 507 g/mol. The van der Waals surface area contributed by atoms with Crippen molar-refractivity contribution in [3.63, 3.8) is 0 Å². The standard InChI is InChI=1S/C22H23BrN2O5S/c1-3-21(28)25-9-7-16-11-17(23)13-19(22(16)25)31(29,30)10-8-20(27)24-18-6-4-5-15(12-18)14(2)26/h4-6,11-13H,3,7-10H2,1-2H3,(H,24,27). The number of halogens is 1. The van der Waals surface area contributed by atoms with Crippen molar-refractivity contribution in [2.75, 3.05) is 22.5 Å². The van der Waals surface area contributed by atoms with Crippen LogP contribution in [0.1, 0.15) is 42.6 Å². The number of anilines is 2. The first kappa shape index (κ1) is 23.1. The smallest absolute Gasteiger partial charge is 0.226 e. The van der Waals surface area contributed by atoms with E-state index in [1.165, 1.54) is 17.9 Å². The van der Waals surface area contributed by atoms with Crippen LogP contribution >= 0.6 is 15.9 Å². The molecule has 9 heteroatoms. The maximum absolute atomic E-state index is 13.1. The van der Waals surface area contributed by atoms with Crippen molar-refractivity contribution < 1.29 is 22.8 Å². The number of carbonyl (C=O) groups excluding carboxylic acids is 3. The molecule has 1 N–H and O–H groups in total. The van der Waals surface area contributed by atoms with Crippen LogP contribution in [0.4, 0.5) is 11.4 Å². The summed E-state index contributed by atoms with van der Waals surface area (Å²) in [7, 11) is -3.83. The van der Waals surface area contributed by atoms with Gasteiger partial charge < -0.3 is 10.2 Å². The lowest BCUT2D eigenvalue weighted by Crippen LogP contribution is -2.29. The third-order valence-corrected chi connectivity index (χ3v) is 7.26. The fraction of sp³-hybridized carbons (Fsp3) is 0.318. The number of hydrogen-bond donors (Lipinski definition) is 1. The molecule has 1 aliphatic heterocycles. The highest BCUT2D eigenvalue weighted by Crippen LogP contribution is 2.38. The van der Waals surface area contributed by atoms with Gasteiger partial charge in [0.05, 0.1) is 16.3 Å². The van der Waals surface area contributed by atoms with Crippen molar-refractivity contribution >= 4 is 54.7 Å². The van der Waals surface area contributed by atoms with Gasteiger partial charge in [-0.3, -0.25) is 14.4 Å². The Labute approximate surface area is 189 Å². The van der Waals surface area contributed by atoms with Crippen LogP contribution < -0.4 is 10.2 Å². The van der Waals surface area contributed by atoms with Gasteiger partial charge in [-0.25, -0.2) is 8.42 Å². The molecule has 0 fully saturated rings. The number of Topliss-reactive ketones (excluding diaryl/α,β-unsaturated/α-hetero) is 1. The number of sulfone groups is 1. The van der Waals surface area contributed by atoms with E-state index in [4.69, 9.17) is 0 Å². The molecule has 2 aromatic carbocycles. The second-order valence-corrected chi connectivity index (χ2v) is 10.3. The number of carbonyl (C=O) groups is 3. The molecule has 2 amide bonds. The lowest BCUT2D eigenvalue weighted by molar-refractivity contribution is -0.118. The van der Waals surface area contributed by atoms with Crippen molar-refractivity contribution in [3.05, 3.63) is 52.0 Å². The van der Waals surface area contributed by atoms with Gasteiger partial charge >= 0.3 is 0 Å². The summed E-state index contributed by atoms with van der Waals surface area (Å²) in [6.07, 6.45) is 0.600. The molecule has 3 rings (SSSR count). The highest BCUT2D eigenvalue weighted by molar-refractivity contribution is 9.10. The van der Waals surface area contributed by atoms with Gasteiger partial charge in [-0.2, -0.15) is 0 Å². The molecule has 0 saturated carbocycles. The first-order chi connectivity index (χ1) is 14.6. The van der Waals surface area contributed by atoms with E-state index in [9.17, 15) is 22.8 Å². The van der Waals surface area contributed by atoms with Crippen LogP contribution in [0.2, 0.25) is 0 Å². The van der Waals surface area contributed by atoms with Gasteiger partial charge in [-0.15, -0.1) is 0 Å². The fourth-order valence-electron chi connectivity index (χ4n) is 3.52. The van der Waals surface area contributed by atoms with E-state index in [0.717, 1.165) is 5.56 Å². The zero-order valence-electron chi connectivity index (χ0n) is 17.3. The molecule has 0 saturated heterocycles. The van der Waals surface area contributed by atoms with Gasteiger partial charge in [0, 0.05) is 35.1 Å². The summed E-state index contributed by atoms with van der Waals surface area (Å²) >= 11 is 3.35. The number of hydrogen-bond acceptors (Lipinski definition) is 5. The summed E-state index contributed by atoms with van der Waals surface area (Å²) in [6, 6.07) is 9.78. The molecule has 0 atom stereocenters. The van der Waals surface area contributed by atoms with E-state index in [2.05, 4.69) is 21.2 Å². The Balaban J connectivity index is 1.79. The third-order valence-electron chi connectivity index (χ3n) is 5.08. The average Bonchev–Trinajstić information content (AvgIpc) is 3.15. The third kappa shape index (κ3) is 5.22. The lowest BCUT2D eigenvalue weighted by Gasteiger charge is -2.20. The lowest BCUT2D eigenvalue weighted by atomic mass is 10.1. The van der Waals surface area contributed by atoms with Crippen LogP contribution in [0, 0.1) is 0 Å². The molecule has 0 unspecified atom stereocenters. The quantitative estimate of drug-likeness (QED) is 0.576.